The van der Waals surface area contributed by atoms with Crippen molar-refractivity contribution in [2.45, 2.75) is 62.9 Å². The lowest BCUT2D eigenvalue weighted by molar-refractivity contribution is -0.111. The Balaban J connectivity index is 1.65. The first kappa shape index (κ1) is 23.5. The summed E-state index contributed by atoms with van der Waals surface area (Å²) < 4.78 is 29.3. The molecule has 4 rings (SSSR count). The van der Waals surface area contributed by atoms with E-state index >= 15 is 0 Å². The number of amides is 1. The molecule has 2 aromatic rings. The van der Waals surface area contributed by atoms with Gasteiger partial charge in [-0.2, -0.15) is 4.31 Å². The predicted molar refractivity (Wildman–Crippen MR) is 133 cm³/mol. The molecule has 1 aliphatic carbocycles. The summed E-state index contributed by atoms with van der Waals surface area (Å²) in [7, 11) is -3.74. The van der Waals surface area contributed by atoms with Gasteiger partial charge in [0.15, 0.2) is 0 Å². The van der Waals surface area contributed by atoms with Gasteiger partial charge in [0.25, 0.3) is 0 Å². The molecule has 0 spiro atoms. The van der Waals surface area contributed by atoms with Crippen LogP contribution in [0.15, 0.2) is 60.0 Å². The second-order valence-electron chi connectivity index (χ2n) is 8.86. The van der Waals surface area contributed by atoms with E-state index in [2.05, 4.69) is 41.9 Å². The summed E-state index contributed by atoms with van der Waals surface area (Å²) in [5.74, 6) is -0.368. The lowest BCUT2D eigenvalue weighted by atomic mass is 9.99. The number of carbonyl (C=O) groups is 1. The summed E-state index contributed by atoms with van der Waals surface area (Å²) in [5, 5.41) is 2.66. The van der Waals surface area contributed by atoms with Crippen LogP contribution in [0.1, 0.15) is 50.2 Å². The topological polar surface area (TPSA) is 69.7 Å². The Hall–Kier alpha value is -2.64. The first-order chi connectivity index (χ1) is 15.9. The molecule has 1 saturated carbocycles. The zero-order valence-electron chi connectivity index (χ0n) is 19.3. The fourth-order valence-corrected chi connectivity index (χ4v) is 6.72. The highest BCUT2D eigenvalue weighted by Gasteiger charge is 2.33. The molecule has 1 heterocycles. The van der Waals surface area contributed by atoms with Crippen LogP contribution in [0.4, 0.5) is 11.4 Å². The molecule has 7 heteroatoms. The smallest absolute Gasteiger partial charge is 0.247 e. The van der Waals surface area contributed by atoms with Crippen molar-refractivity contribution in [1.82, 2.24) is 4.31 Å². The standard InChI is InChI=1S/C26H33N3O3S/c1-3-26(30)27-22-10-7-13-24(18-22)33(31,32)29(23-11-5-6-12-23)19-20-14-15-25-21(17-20)9-8-16-28(25)4-2/h3,7,10,13-15,17-18,23H,1,4-6,8-9,11-12,16,19H2,2H3,(H,27,30). The number of sulfonamides is 1. The molecule has 6 nitrogen and oxygen atoms in total. The number of nitrogens with zero attached hydrogens (tertiary/aromatic N) is 2. The molecule has 0 aromatic heterocycles. The van der Waals surface area contributed by atoms with Gasteiger partial charge < -0.3 is 10.2 Å². The number of aryl methyl sites for hydroxylation is 1. The molecule has 1 N–H and O–H groups in total. The highest BCUT2D eigenvalue weighted by Crippen LogP contribution is 2.33. The molecule has 1 aliphatic heterocycles. The van der Waals surface area contributed by atoms with E-state index < -0.39 is 10.0 Å². The van der Waals surface area contributed by atoms with Gasteiger partial charge >= 0.3 is 0 Å². The van der Waals surface area contributed by atoms with E-state index in [1.54, 1.807) is 22.5 Å². The fourth-order valence-electron chi connectivity index (χ4n) is 5.00. The number of benzene rings is 2. The van der Waals surface area contributed by atoms with Crippen LogP contribution >= 0.6 is 0 Å². The highest BCUT2D eigenvalue weighted by molar-refractivity contribution is 7.89. The Morgan fingerprint density at radius 3 is 2.70 bits per heavy atom. The fraction of sp³-hybridized carbons (Fsp3) is 0.423. The van der Waals surface area contributed by atoms with Gasteiger partial charge in [-0.25, -0.2) is 8.42 Å². The van der Waals surface area contributed by atoms with E-state index in [9.17, 15) is 13.2 Å². The normalized spacial score (nSPS) is 16.6. The third kappa shape index (κ3) is 5.14. The zero-order valence-corrected chi connectivity index (χ0v) is 20.1. The Morgan fingerprint density at radius 1 is 1.18 bits per heavy atom. The Bertz CT molecular complexity index is 1120. The quantitative estimate of drug-likeness (QED) is 0.571. The molecule has 33 heavy (non-hydrogen) atoms. The van der Waals surface area contributed by atoms with Gasteiger partial charge in [-0.05, 0) is 74.1 Å². The average molecular weight is 468 g/mol. The molecule has 1 fully saturated rings. The van der Waals surface area contributed by atoms with E-state index in [-0.39, 0.29) is 16.8 Å². The van der Waals surface area contributed by atoms with E-state index in [4.69, 9.17) is 0 Å². The molecular weight excluding hydrogens is 434 g/mol. The van der Waals surface area contributed by atoms with Crippen molar-refractivity contribution >= 4 is 27.3 Å². The van der Waals surface area contributed by atoms with Crippen LogP contribution in [0.25, 0.3) is 0 Å². The number of anilines is 2. The summed E-state index contributed by atoms with van der Waals surface area (Å²) in [5.41, 5.74) is 4.05. The SMILES string of the molecule is C=CC(=O)Nc1cccc(S(=O)(=O)N(Cc2ccc3c(c2)CCCN3CC)C2CCCC2)c1. The first-order valence-corrected chi connectivity index (χ1v) is 13.3. The minimum atomic E-state index is -3.74. The van der Waals surface area contributed by atoms with Crippen molar-refractivity contribution < 1.29 is 13.2 Å². The Morgan fingerprint density at radius 2 is 1.97 bits per heavy atom. The van der Waals surface area contributed by atoms with Crippen LogP contribution in [0.5, 0.6) is 0 Å². The van der Waals surface area contributed by atoms with Crippen LogP contribution in [0.2, 0.25) is 0 Å². The van der Waals surface area contributed by atoms with Crippen LogP contribution in [0.3, 0.4) is 0 Å². The summed E-state index contributed by atoms with van der Waals surface area (Å²) in [6.07, 6.45) is 7.16. The maximum absolute atomic E-state index is 13.8. The Kier molecular flexibility index (Phi) is 7.20. The number of hydrogen-bond donors (Lipinski definition) is 1. The van der Waals surface area contributed by atoms with Crippen LogP contribution in [-0.2, 0) is 27.8 Å². The minimum absolute atomic E-state index is 0.00963. The van der Waals surface area contributed by atoms with Crippen LogP contribution in [0, 0.1) is 0 Å². The summed E-state index contributed by atoms with van der Waals surface area (Å²) in [6, 6.07) is 12.9. The zero-order chi connectivity index (χ0) is 23.4. The minimum Gasteiger partial charge on any atom is -0.372 e. The molecule has 0 radical (unpaired) electrons. The first-order valence-electron chi connectivity index (χ1n) is 11.8. The van der Waals surface area contributed by atoms with Crippen LogP contribution in [-0.4, -0.2) is 37.8 Å². The van der Waals surface area contributed by atoms with E-state index in [0.29, 0.717) is 12.2 Å². The lowest BCUT2D eigenvalue weighted by Gasteiger charge is -2.32. The van der Waals surface area contributed by atoms with Gasteiger partial charge in [-0.15, -0.1) is 0 Å². The van der Waals surface area contributed by atoms with E-state index in [0.717, 1.165) is 57.2 Å². The largest absolute Gasteiger partial charge is 0.372 e. The maximum Gasteiger partial charge on any atom is 0.247 e. The number of fused-ring (bicyclic) bond motifs is 1. The molecule has 2 aromatic carbocycles. The molecule has 0 bridgehead atoms. The molecule has 0 saturated heterocycles. The van der Waals surface area contributed by atoms with Gasteiger partial charge in [0.05, 0.1) is 4.90 Å². The molecule has 176 valence electrons. The van der Waals surface area contributed by atoms with Gasteiger partial charge in [0.2, 0.25) is 15.9 Å². The number of hydrogen-bond acceptors (Lipinski definition) is 4. The van der Waals surface area contributed by atoms with E-state index in [1.807, 2.05) is 0 Å². The van der Waals surface area contributed by atoms with Gasteiger partial charge in [0.1, 0.15) is 0 Å². The molecule has 2 aliphatic rings. The third-order valence-corrected chi connectivity index (χ3v) is 8.60. The molecule has 1 amide bonds. The summed E-state index contributed by atoms with van der Waals surface area (Å²) in [4.78, 5) is 14.3. The monoisotopic (exact) mass is 467 g/mol. The average Bonchev–Trinajstić information content (AvgIpc) is 3.36. The highest BCUT2D eigenvalue weighted by atomic mass is 32.2. The predicted octanol–water partition coefficient (Wildman–Crippen LogP) is 4.72. The Labute approximate surface area is 197 Å². The van der Waals surface area contributed by atoms with Crippen LogP contribution < -0.4 is 10.2 Å². The van der Waals surface area contributed by atoms with Crippen molar-refractivity contribution in [2.24, 2.45) is 0 Å². The number of carbonyl (C=O) groups excluding carboxylic acids is 1. The van der Waals surface area contributed by atoms with Crippen molar-refractivity contribution in [3.63, 3.8) is 0 Å². The molecule has 0 atom stereocenters. The van der Waals surface area contributed by atoms with Crippen molar-refractivity contribution in [2.75, 3.05) is 23.3 Å². The van der Waals surface area contributed by atoms with E-state index in [1.165, 1.54) is 23.4 Å². The number of nitrogens with one attached hydrogen (secondary N) is 1. The second-order valence-corrected chi connectivity index (χ2v) is 10.7. The lowest BCUT2D eigenvalue weighted by Crippen LogP contribution is -2.38. The second kappa shape index (κ2) is 10.1. The third-order valence-electron chi connectivity index (χ3n) is 6.70. The molecular formula is C26H33N3O3S. The van der Waals surface area contributed by atoms with Gasteiger partial charge in [0, 0.05) is 37.1 Å². The summed E-state index contributed by atoms with van der Waals surface area (Å²) >= 11 is 0. The van der Waals surface area contributed by atoms with Gasteiger partial charge in [-0.1, -0.05) is 37.6 Å². The maximum atomic E-state index is 13.8. The van der Waals surface area contributed by atoms with Crippen molar-refractivity contribution in [3.8, 4) is 0 Å². The molecule has 0 unspecified atom stereocenters. The van der Waals surface area contributed by atoms with Crippen molar-refractivity contribution in [3.05, 3.63) is 66.2 Å². The number of rotatable bonds is 8. The summed E-state index contributed by atoms with van der Waals surface area (Å²) in [6.45, 7) is 8.03. The van der Waals surface area contributed by atoms with Crippen molar-refractivity contribution in [1.29, 1.82) is 0 Å². The van der Waals surface area contributed by atoms with Gasteiger partial charge in [-0.3, -0.25) is 4.79 Å².